The lowest BCUT2D eigenvalue weighted by molar-refractivity contribution is 0.0381. The van der Waals surface area contributed by atoms with E-state index in [2.05, 4.69) is 9.97 Å². The Hall–Kier alpha value is -2.44. The Bertz CT molecular complexity index is 976. The van der Waals surface area contributed by atoms with Gasteiger partial charge in [-0.2, -0.15) is 0 Å². The van der Waals surface area contributed by atoms with Crippen LogP contribution in [0.15, 0.2) is 41.0 Å². The Balaban J connectivity index is 1.77. The van der Waals surface area contributed by atoms with Crippen molar-refractivity contribution in [2.45, 2.75) is 12.5 Å². The fourth-order valence-electron chi connectivity index (χ4n) is 2.74. The summed E-state index contributed by atoms with van der Waals surface area (Å²) < 4.78 is 24.7. The number of halogens is 3. The summed E-state index contributed by atoms with van der Waals surface area (Å²) >= 11 is 11.8. The first kappa shape index (κ1) is 16.1. The molecule has 0 saturated carbocycles. The standard InChI is InChI=1S/C17H9Cl2FN2O3/c18-9-4-3-8(10(20)7-9)6-12-15-13(16(23)25-12)14(21-17(19)22-15)11-2-1-5-24-11/h1-5,7,12H,6H2. The van der Waals surface area contributed by atoms with Crippen LogP contribution in [0.1, 0.15) is 27.7 Å². The molecule has 0 fully saturated rings. The summed E-state index contributed by atoms with van der Waals surface area (Å²) in [7, 11) is 0. The third-order valence-corrected chi connectivity index (χ3v) is 4.25. The molecule has 126 valence electrons. The van der Waals surface area contributed by atoms with Gasteiger partial charge in [0.25, 0.3) is 0 Å². The number of carbonyl (C=O) groups excluding carboxylic acids is 1. The number of fused-ring (bicyclic) bond motifs is 1. The molecule has 0 spiro atoms. The summed E-state index contributed by atoms with van der Waals surface area (Å²) in [5.74, 6) is -0.711. The van der Waals surface area contributed by atoms with Crippen LogP contribution in [0.2, 0.25) is 10.3 Å². The Morgan fingerprint density at radius 1 is 1.20 bits per heavy atom. The van der Waals surface area contributed by atoms with E-state index in [0.717, 1.165) is 0 Å². The number of esters is 1. The van der Waals surface area contributed by atoms with Crippen LogP contribution < -0.4 is 0 Å². The zero-order valence-corrected chi connectivity index (χ0v) is 14.0. The van der Waals surface area contributed by atoms with Gasteiger partial charge in [0.15, 0.2) is 5.76 Å². The number of rotatable bonds is 3. The maximum absolute atomic E-state index is 14.1. The molecule has 4 rings (SSSR count). The molecule has 8 heteroatoms. The first-order valence-electron chi connectivity index (χ1n) is 7.29. The highest BCUT2D eigenvalue weighted by molar-refractivity contribution is 6.30. The normalized spacial score (nSPS) is 16.0. The van der Waals surface area contributed by atoms with Crippen LogP contribution in [0.3, 0.4) is 0 Å². The van der Waals surface area contributed by atoms with Gasteiger partial charge in [-0.15, -0.1) is 0 Å². The van der Waals surface area contributed by atoms with Gasteiger partial charge in [-0.25, -0.2) is 19.2 Å². The molecule has 0 aliphatic carbocycles. The van der Waals surface area contributed by atoms with Crippen molar-refractivity contribution < 1.29 is 18.3 Å². The number of hydrogen-bond donors (Lipinski definition) is 0. The third kappa shape index (κ3) is 2.88. The van der Waals surface area contributed by atoms with Gasteiger partial charge < -0.3 is 9.15 Å². The molecule has 3 aromatic rings. The number of aromatic nitrogens is 2. The highest BCUT2D eigenvalue weighted by Gasteiger charge is 2.37. The average molecular weight is 379 g/mol. The Morgan fingerprint density at radius 2 is 2.04 bits per heavy atom. The fraction of sp³-hybridized carbons (Fsp3) is 0.118. The molecule has 5 nitrogen and oxygen atoms in total. The van der Waals surface area contributed by atoms with Crippen LogP contribution in [-0.4, -0.2) is 15.9 Å². The predicted octanol–water partition coefficient (Wildman–Crippen LogP) is 4.64. The first-order chi connectivity index (χ1) is 12.0. The molecule has 0 amide bonds. The number of ether oxygens (including phenoxy) is 1. The molecular weight excluding hydrogens is 370 g/mol. The summed E-state index contributed by atoms with van der Waals surface area (Å²) in [6.45, 7) is 0. The maximum atomic E-state index is 14.1. The van der Waals surface area contributed by atoms with Crippen molar-refractivity contribution in [1.29, 1.82) is 0 Å². The van der Waals surface area contributed by atoms with Crippen LogP contribution in [0, 0.1) is 5.82 Å². The molecule has 25 heavy (non-hydrogen) atoms. The molecule has 0 radical (unpaired) electrons. The predicted molar refractivity (Wildman–Crippen MR) is 88.0 cm³/mol. The third-order valence-electron chi connectivity index (χ3n) is 3.84. The summed E-state index contributed by atoms with van der Waals surface area (Å²) in [6, 6.07) is 7.63. The lowest BCUT2D eigenvalue weighted by Crippen LogP contribution is -2.06. The topological polar surface area (TPSA) is 65.2 Å². The van der Waals surface area contributed by atoms with Gasteiger partial charge in [0.1, 0.15) is 28.9 Å². The van der Waals surface area contributed by atoms with E-state index >= 15 is 0 Å². The minimum atomic E-state index is -0.771. The number of cyclic esters (lactones) is 1. The van der Waals surface area contributed by atoms with Crippen molar-refractivity contribution in [2.24, 2.45) is 0 Å². The van der Waals surface area contributed by atoms with Crippen LogP contribution >= 0.6 is 23.2 Å². The highest BCUT2D eigenvalue weighted by Crippen LogP contribution is 2.38. The molecule has 1 aromatic carbocycles. The molecule has 1 aliphatic heterocycles. The van der Waals surface area contributed by atoms with Crippen molar-refractivity contribution in [3.05, 3.63) is 69.5 Å². The van der Waals surface area contributed by atoms with E-state index in [9.17, 15) is 9.18 Å². The summed E-state index contributed by atoms with van der Waals surface area (Å²) in [5, 5.41) is 0.237. The van der Waals surface area contributed by atoms with Gasteiger partial charge in [-0.1, -0.05) is 17.7 Å². The Morgan fingerprint density at radius 3 is 2.76 bits per heavy atom. The van der Waals surface area contributed by atoms with E-state index in [1.807, 2.05) is 0 Å². The van der Waals surface area contributed by atoms with E-state index in [4.69, 9.17) is 32.4 Å². The van der Waals surface area contributed by atoms with E-state index in [1.54, 1.807) is 24.3 Å². The molecule has 1 aliphatic rings. The zero-order valence-electron chi connectivity index (χ0n) is 12.5. The van der Waals surface area contributed by atoms with E-state index in [-0.39, 0.29) is 28.0 Å². The number of nitrogens with zero attached hydrogens (tertiary/aromatic N) is 2. The number of furan rings is 1. The van der Waals surface area contributed by atoms with E-state index < -0.39 is 17.9 Å². The van der Waals surface area contributed by atoms with Gasteiger partial charge in [0.05, 0.1) is 6.26 Å². The Labute approximate surface area is 151 Å². The van der Waals surface area contributed by atoms with Gasteiger partial charge in [0, 0.05) is 11.4 Å². The largest absolute Gasteiger partial charge is 0.463 e. The second kappa shape index (κ2) is 6.13. The number of benzene rings is 1. The Kier molecular flexibility index (Phi) is 3.94. The fourth-order valence-corrected chi connectivity index (χ4v) is 3.08. The minimum absolute atomic E-state index is 0.0509. The zero-order chi connectivity index (χ0) is 17.6. The quantitative estimate of drug-likeness (QED) is 0.490. The average Bonchev–Trinajstić information content (AvgIpc) is 3.19. The summed E-state index contributed by atoms with van der Waals surface area (Å²) in [4.78, 5) is 20.5. The van der Waals surface area contributed by atoms with E-state index in [0.29, 0.717) is 17.0 Å². The number of hydrogen-bond acceptors (Lipinski definition) is 5. The molecule has 1 atom stereocenters. The molecule has 3 heterocycles. The van der Waals surface area contributed by atoms with Gasteiger partial charge in [-0.3, -0.25) is 0 Å². The summed E-state index contributed by atoms with van der Waals surface area (Å²) in [5.41, 5.74) is 1.10. The lowest BCUT2D eigenvalue weighted by atomic mass is 10.0. The van der Waals surface area contributed by atoms with Crippen LogP contribution in [0.25, 0.3) is 11.5 Å². The highest BCUT2D eigenvalue weighted by atomic mass is 35.5. The monoisotopic (exact) mass is 378 g/mol. The van der Waals surface area contributed by atoms with Crippen LogP contribution in [-0.2, 0) is 11.2 Å². The van der Waals surface area contributed by atoms with Crippen molar-refractivity contribution in [2.75, 3.05) is 0 Å². The van der Waals surface area contributed by atoms with Crippen LogP contribution in [0.5, 0.6) is 0 Å². The van der Waals surface area contributed by atoms with Crippen LogP contribution in [0.4, 0.5) is 4.39 Å². The van der Waals surface area contributed by atoms with Gasteiger partial charge >= 0.3 is 5.97 Å². The van der Waals surface area contributed by atoms with Crippen molar-refractivity contribution in [3.63, 3.8) is 0 Å². The molecule has 0 saturated heterocycles. The molecule has 0 bridgehead atoms. The second-order valence-corrected chi connectivity index (χ2v) is 6.19. The van der Waals surface area contributed by atoms with Gasteiger partial charge in [0.2, 0.25) is 5.28 Å². The second-order valence-electron chi connectivity index (χ2n) is 5.41. The van der Waals surface area contributed by atoms with Crippen molar-refractivity contribution in [1.82, 2.24) is 9.97 Å². The molecule has 1 unspecified atom stereocenters. The summed E-state index contributed by atoms with van der Waals surface area (Å²) in [6.07, 6.45) is 0.790. The SMILES string of the molecule is O=C1OC(Cc2ccc(Cl)cc2F)c2nc(Cl)nc(-c3ccco3)c21. The number of carbonyl (C=O) groups is 1. The maximum Gasteiger partial charge on any atom is 0.343 e. The molecule has 2 aromatic heterocycles. The van der Waals surface area contributed by atoms with E-state index in [1.165, 1.54) is 12.3 Å². The van der Waals surface area contributed by atoms with Crippen molar-refractivity contribution in [3.8, 4) is 11.5 Å². The molecular formula is C17H9Cl2FN2O3. The molecule has 0 N–H and O–H groups in total. The van der Waals surface area contributed by atoms with Gasteiger partial charge in [-0.05, 0) is 41.4 Å². The smallest absolute Gasteiger partial charge is 0.343 e. The lowest BCUT2D eigenvalue weighted by Gasteiger charge is -2.11. The minimum Gasteiger partial charge on any atom is -0.463 e. The first-order valence-corrected chi connectivity index (χ1v) is 8.04. The van der Waals surface area contributed by atoms with Crippen molar-refractivity contribution >= 4 is 29.2 Å².